The van der Waals surface area contributed by atoms with E-state index in [1.807, 2.05) is 12.1 Å². The van der Waals surface area contributed by atoms with E-state index in [0.717, 1.165) is 44.7 Å². The fourth-order valence-electron chi connectivity index (χ4n) is 2.60. The second kappa shape index (κ2) is 7.77. The minimum atomic E-state index is 0.548. The second-order valence-corrected chi connectivity index (χ2v) is 5.78. The molecule has 23 heavy (non-hydrogen) atoms. The number of nitrogens with zero attached hydrogens (tertiary/aromatic N) is 3. The van der Waals surface area contributed by atoms with E-state index in [9.17, 15) is 0 Å². The summed E-state index contributed by atoms with van der Waals surface area (Å²) in [6.07, 6.45) is 2.47. The summed E-state index contributed by atoms with van der Waals surface area (Å²) in [6.45, 7) is 5.25. The Kier molecular flexibility index (Phi) is 5.48. The molecule has 0 spiro atoms. The Hall–Kier alpha value is -1.63. The first-order valence-electron chi connectivity index (χ1n) is 7.70. The summed E-state index contributed by atoms with van der Waals surface area (Å²) in [5.74, 6) is 1.32. The lowest BCUT2D eigenvalue weighted by Gasteiger charge is -2.26. The maximum atomic E-state index is 6.14. The van der Waals surface area contributed by atoms with Crippen LogP contribution in [0.3, 0.4) is 0 Å². The van der Waals surface area contributed by atoms with Gasteiger partial charge in [-0.05, 0) is 12.5 Å². The summed E-state index contributed by atoms with van der Waals surface area (Å²) in [5, 5.41) is 9.31. The molecule has 0 N–H and O–H groups in total. The lowest BCUT2D eigenvalue weighted by atomic mass is 10.2. The van der Waals surface area contributed by atoms with Gasteiger partial charge in [0, 0.05) is 31.1 Å². The summed E-state index contributed by atoms with van der Waals surface area (Å²) >= 11 is 6.14. The first-order valence-corrected chi connectivity index (χ1v) is 8.07. The molecular formula is C16H20ClN3O3. The van der Waals surface area contributed by atoms with Crippen LogP contribution in [0.15, 0.2) is 18.3 Å². The van der Waals surface area contributed by atoms with E-state index in [4.69, 9.17) is 25.8 Å². The van der Waals surface area contributed by atoms with Gasteiger partial charge in [0.05, 0.1) is 43.7 Å². The Morgan fingerprint density at radius 2 is 2.09 bits per heavy atom. The van der Waals surface area contributed by atoms with Crippen LogP contribution in [0.25, 0.3) is 10.9 Å². The quantitative estimate of drug-likeness (QED) is 0.754. The van der Waals surface area contributed by atoms with Crippen LogP contribution in [0.2, 0.25) is 5.02 Å². The van der Waals surface area contributed by atoms with Gasteiger partial charge in [0.1, 0.15) is 0 Å². The average Bonchev–Trinajstić information content (AvgIpc) is 2.59. The Bertz CT molecular complexity index is 662. The molecular weight excluding hydrogens is 318 g/mol. The predicted octanol–water partition coefficient (Wildman–Crippen LogP) is 2.39. The number of fused-ring (bicyclic) bond motifs is 1. The molecule has 2 heterocycles. The van der Waals surface area contributed by atoms with Crippen molar-refractivity contribution < 1.29 is 14.2 Å². The Labute approximate surface area is 140 Å². The third-order valence-corrected chi connectivity index (χ3v) is 4.16. The molecule has 0 amide bonds. The van der Waals surface area contributed by atoms with Gasteiger partial charge in [-0.3, -0.25) is 4.90 Å². The normalized spacial score (nSPS) is 15.7. The molecule has 0 atom stereocenters. The zero-order valence-corrected chi connectivity index (χ0v) is 13.9. The van der Waals surface area contributed by atoms with Gasteiger partial charge in [-0.1, -0.05) is 11.6 Å². The number of morpholine rings is 1. The predicted molar refractivity (Wildman–Crippen MR) is 88.5 cm³/mol. The van der Waals surface area contributed by atoms with Gasteiger partial charge in [-0.25, -0.2) is 0 Å². The van der Waals surface area contributed by atoms with Crippen molar-refractivity contribution in [2.24, 2.45) is 0 Å². The maximum Gasteiger partial charge on any atom is 0.163 e. The maximum absolute atomic E-state index is 6.14. The molecule has 1 fully saturated rings. The molecule has 1 aliphatic heterocycles. The van der Waals surface area contributed by atoms with Gasteiger partial charge in [0.2, 0.25) is 0 Å². The Morgan fingerprint density at radius 1 is 1.26 bits per heavy atom. The minimum absolute atomic E-state index is 0.548. The highest BCUT2D eigenvalue weighted by molar-refractivity contribution is 6.35. The van der Waals surface area contributed by atoms with E-state index in [1.165, 1.54) is 6.20 Å². The van der Waals surface area contributed by atoms with Crippen LogP contribution in [0.1, 0.15) is 6.42 Å². The molecule has 2 aromatic rings. The molecule has 0 saturated carbocycles. The smallest absolute Gasteiger partial charge is 0.163 e. The van der Waals surface area contributed by atoms with E-state index >= 15 is 0 Å². The van der Waals surface area contributed by atoms with Crippen molar-refractivity contribution in [2.45, 2.75) is 6.42 Å². The van der Waals surface area contributed by atoms with Gasteiger partial charge in [0.25, 0.3) is 0 Å². The zero-order chi connectivity index (χ0) is 16.1. The standard InChI is InChI=1S/C16H20ClN3O3/c1-21-15-9-12-13(17)11-18-19-14(12)10-16(15)23-6-2-3-20-4-7-22-8-5-20/h9-11H,2-8H2,1H3. The number of aromatic nitrogens is 2. The van der Waals surface area contributed by atoms with Crippen molar-refractivity contribution in [3.8, 4) is 11.5 Å². The number of ether oxygens (including phenoxy) is 3. The molecule has 1 aromatic carbocycles. The van der Waals surface area contributed by atoms with Crippen molar-refractivity contribution >= 4 is 22.5 Å². The number of hydrogen-bond donors (Lipinski definition) is 0. The van der Waals surface area contributed by atoms with Crippen molar-refractivity contribution in [1.29, 1.82) is 0 Å². The van der Waals surface area contributed by atoms with Gasteiger partial charge in [-0.2, -0.15) is 10.2 Å². The Morgan fingerprint density at radius 3 is 2.87 bits per heavy atom. The highest BCUT2D eigenvalue weighted by atomic mass is 35.5. The van der Waals surface area contributed by atoms with Crippen LogP contribution in [-0.4, -0.2) is 61.7 Å². The van der Waals surface area contributed by atoms with Gasteiger partial charge >= 0.3 is 0 Å². The van der Waals surface area contributed by atoms with Crippen LogP contribution in [-0.2, 0) is 4.74 Å². The fourth-order valence-corrected chi connectivity index (χ4v) is 2.80. The molecule has 1 aliphatic rings. The molecule has 1 aromatic heterocycles. The highest BCUT2D eigenvalue weighted by Crippen LogP contribution is 2.34. The third kappa shape index (κ3) is 4.02. The monoisotopic (exact) mass is 337 g/mol. The van der Waals surface area contributed by atoms with E-state index in [-0.39, 0.29) is 0 Å². The van der Waals surface area contributed by atoms with Crippen LogP contribution >= 0.6 is 11.6 Å². The largest absolute Gasteiger partial charge is 0.493 e. The van der Waals surface area contributed by atoms with Crippen LogP contribution in [0.5, 0.6) is 11.5 Å². The first kappa shape index (κ1) is 16.2. The third-order valence-electron chi connectivity index (χ3n) is 3.86. The first-order chi connectivity index (χ1) is 11.3. The lowest BCUT2D eigenvalue weighted by Crippen LogP contribution is -2.37. The van der Waals surface area contributed by atoms with E-state index in [1.54, 1.807) is 7.11 Å². The van der Waals surface area contributed by atoms with Crippen LogP contribution in [0, 0.1) is 0 Å². The van der Waals surface area contributed by atoms with Crippen molar-refractivity contribution in [1.82, 2.24) is 15.1 Å². The topological polar surface area (TPSA) is 56.7 Å². The molecule has 0 aliphatic carbocycles. The summed E-state index contributed by atoms with van der Waals surface area (Å²) in [6, 6.07) is 3.66. The van der Waals surface area contributed by atoms with Gasteiger partial charge < -0.3 is 14.2 Å². The number of hydrogen-bond acceptors (Lipinski definition) is 6. The van der Waals surface area contributed by atoms with Gasteiger partial charge in [0.15, 0.2) is 11.5 Å². The molecule has 0 bridgehead atoms. The molecule has 124 valence electrons. The zero-order valence-electron chi connectivity index (χ0n) is 13.1. The average molecular weight is 338 g/mol. The summed E-state index contributed by atoms with van der Waals surface area (Å²) in [5.41, 5.74) is 0.696. The molecule has 3 rings (SSSR count). The number of methoxy groups -OCH3 is 1. The summed E-state index contributed by atoms with van der Waals surface area (Å²) < 4.78 is 16.6. The van der Waals surface area contributed by atoms with E-state index in [2.05, 4.69) is 15.1 Å². The van der Waals surface area contributed by atoms with Crippen molar-refractivity contribution in [3.63, 3.8) is 0 Å². The summed E-state index contributed by atoms with van der Waals surface area (Å²) in [4.78, 5) is 2.38. The molecule has 0 radical (unpaired) electrons. The van der Waals surface area contributed by atoms with E-state index in [0.29, 0.717) is 28.6 Å². The van der Waals surface area contributed by atoms with Crippen LogP contribution < -0.4 is 9.47 Å². The highest BCUT2D eigenvalue weighted by Gasteiger charge is 2.12. The van der Waals surface area contributed by atoms with Crippen molar-refractivity contribution in [3.05, 3.63) is 23.4 Å². The van der Waals surface area contributed by atoms with Gasteiger partial charge in [-0.15, -0.1) is 0 Å². The molecule has 6 nitrogen and oxygen atoms in total. The number of rotatable bonds is 6. The number of benzene rings is 1. The Balaban J connectivity index is 1.62. The number of halogens is 1. The van der Waals surface area contributed by atoms with Crippen LogP contribution in [0.4, 0.5) is 0 Å². The fraction of sp³-hybridized carbons (Fsp3) is 0.500. The van der Waals surface area contributed by atoms with Crippen molar-refractivity contribution in [2.75, 3.05) is 46.6 Å². The summed E-state index contributed by atoms with van der Waals surface area (Å²) in [7, 11) is 1.62. The minimum Gasteiger partial charge on any atom is -0.493 e. The molecule has 0 unspecified atom stereocenters. The molecule has 7 heteroatoms. The molecule has 1 saturated heterocycles. The van der Waals surface area contributed by atoms with E-state index < -0.39 is 0 Å². The SMILES string of the molecule is COc1cc2c(Cl)cnnc2cc1OCCCN1CCOCC1. The lowest BCUT2D eigenvalue weighted by molar-refractivity contribution is 0.0357. The second-order valence-electron chi connectivity index (χ2n) is 5.37.